The van der Waals surface area contributed by atoms with Crippen LogP contribution in [0.25, 0.3) is 10.2 Å². The van der Waals surface area contributed by atoms with E-state index < -0.39 is 10.0 Å². The maximum absolute atomic E-state index is 13.2. The fraction of sp³-hybridized carbons (Fsp3) is 0.250. The van der Waals surface area contributed by atoms with Crippen molar-refractivity contribution in [1.82, 2.24) is 19.6 Å². The molecule has 1 aliphatic heterocycles. The number of piperazine rings is 1. The van der Waals surface area contributed by atoms with E-state index in [2.05, 4.69) is 15.3 Å². The van der Waals surface area contributed by atoms with E-state index in [1.807, 2.05) is 12.1 Å². The Balaban J connectivity index is 1.75. The van der Waals surface area contributed by atoms with Crippen molar-refractivity contribution in [3.05, 3.63) is 53.8 Å². The molecule has 1 atom stereocenters. The third-order valence-electron chi connectivity index (χ3n) is 4.17. The Morgan fingerprint density at radius 3 is 3.04 bits per heavy atom. The molecule has 124 valence electrons. The minimum absolute atomic E-state index is 0.255. The molecular weight excluding hydrogens is 344 g/mol. The molecule has 0 aliphatic carbocycles. The third kappa shape index (κ3) is 2.71. The van der Waals surface area contributed by atoms with Crippen molar-refractivity contribution in [3.8, 4) is 0 Å². The minimum atomic E-state index is -3.58. The van der Waals surface area contributed by atoms with Gasteiger partial charge in [0.15, 0.2) is 0 Å². The first-order valence-electron chi connectivity index (χ1n) is 7.62. The summed E-state index contributed by atoms with van der Waals surface area (Å²) in [5.74, 6) is 0. The largest absolute Gasteiger partial charge is 0.313 e. The number of fused-ring (bicyclic) bond motifs is 1. The summed E-state index contributed by atoms with van der Waals surface area (Å²) in [5, 5.41) is 3.27. The summed E-state index contributed by atoms with van der Waals surface area (Å²) in [7, 11) is -3.58. The van der Waals surface area contributed by atoms with Crippen LogP contribution in [0.2, 0.25) is 0 Å². The van der Waals surface area contributed by atoms with Gasteiger partial charge in [-0.2, -0.15) is 4.31 Å². The first kappa shape index (κ1) is 15.6. The number of nitrogens with zero attached hydrogens (tertiary/aromatic N) is 3. The second-order valence-corrected chi connectivity index (χ2v) is 8.38. The topological polar surface area (TPSA) is 75.2 Å². The summed E-state index contributed by atoms with van der Waals surface area (Å²) < 4.78 is 28.8. The van der Waals surface area contributed by atoms with Gasteiger partial charge in [-0.1, -0.05) is 6.07 Å². The summed E-state index contributed by atoms with van der Waals surface area (Å²) in [6.07, 6.45) is 3.42. The van der Waals surface area contributed by atoms with Crippen LogP contribution in [0.15, 0.2) is 53.1 Å². The van der Waals surface area contributed by atoms with Crippen LogP contribution in [-0.4, -0.2) is 42.3 Å². The number of rotatable bonds is 3. The number of hydrogen-bond acceptors (Lipinski definition) is 6. The summed E-state index contributed by atoms with van der Waals surface area (Å²) in [5.41, 5.74) is 3.44. The van der Waals surface area contributed by atoms with E-state index in [1.54, 1.807) is 40.4 Å². The van der Waals surface area contributed by atoms with Gasteiger partial charge in [-0.3, -0.25) is 4.98 Å². The van der Waals surface area contributed by atoms with Crippen molar-refractivity contribution in [3.63, 3.8) is 0 Å². The molecule has 3 aromatic rings. The maximum atomic E-state index is 13.2. The molecule has 3 heterocycles. The van der Waals surface area contributed by atoms with E-state index in [0.717, 1.165) is 15.8 Å². The molecule has 24 heavy (non-hydrogen) atoms. The van der Waals surface area contributed by atoms with E-state index in [-0.39, 0.29) is 6.04 Å². The van der Waals surface area contributed by atoms with Gasteiger partial charge in [0.2, 0.25) is 10.0 Å². The Morgan fingerprint density at radius 2 is 2.21 bits per heavy atom. The predicted octanol–water partition coefficient (Wildman–Crippen LogP) is 2.03. The Kier molecular flexibility index (Phi) is 4.05. The van der Waals surface area contributed by atoms with E-state index >= 15 is 0 Å². The van der Waals surface area contributed by atoms with Crippen LogP contribution in [0.4, 0.5) is 0 Å². The van der Waals surface area contributed by atoms with Crippen molar-refractivity contribution < 1.29 is 8.42 Å². The number of sulfonamides is 1. The van der Waals surface area contributed by atoms with Gasteiger partial charge in [0.25, 0.3) is 0 Å². The zero-order valence-corrected chi connectivity index (χ0v) is 14.4. The standard InChI is InChI=1S/C16H16N4O2S2/c21-24(22,13-3-4-14-16(8-13)23-11-19-14)20-7-6-18-10-15(20)12-2-1-5-17-9-12/h1-5,8-9,11,15,18H,6-7,10H2. The monoisotopic (exact) mass is 360 g/mol. The van der Waals surface area contributed by atoms with Crippen LogP contribution >= 0.6 is 11.3 Å². The average Bonchev–Trinajstić information content (AvgIpc) is 3.10. The first-order valence-corrected chi connectivity index (χ1v) is 9.94. The first-order chi connectivity index (χ1) is 11.7. The number of pyridine rings is 1. The third-order valence-corrected chi connectivity index (χ3v) is 6.87. The molecule has 1 aromatic carbocycles. The Hall–Kier alpha value is -1.87. The Bertz CT molecular complexity index is 956. The minimum Gasteiger partial charge on any atom is -0.313 e. The molecule has 1 aliphatic rings. The molecule has 0 saturated carbocycles. The van der Waals surface area contributed by atoms with Crippen molar-refractivity contribution >= 4 is 31.6 Å². The normalized spacial score (nSPS) is 19.6. The average molecular weight is 360 g/mol. The second-order valence-electron chi connectivity index (χ2n) is 5.60. The zero-order valence-electron chi connectivity index (χ0n) is 12.8. The van der Waals surface area contributed by atoms with E-state index in [4.69, 9.17) is 0 Å². The second kappa shape index (κ2) is 6.21. The van der Waals surface area contributed by atoms with Crippen LogP contribution in [0.1, 0.15) is 11.6 Å². The molecule has 2 aromatic heterocycles. The summed E-state index contributed by atoms with van der Waals surface area (Å²) in [6, 6.07) is 8.61. The highest BCUT2D eigenvalue weighted by molar-refractivity contribution is 7.89. The van der Waals surface area contributed by atoms with E-state index in [9.17, 15) is 8.42 Å². The van der Waals surface area contributed by atoms with E-state index in [1.165, 1.54) is 11.3 Å². The van der Waals surface area contributed by atoms with Gasteiger partial charge < -0.3 is 5.32 Å². The fourth-order valence-corrected chi connectivity index (χ4v) is 5.39. The van der Waals surface area contributed by atoms with Gasteiger partial charge in [0.05, 0.1) is 26.7 Å². The molecule has 1 fully saturated rings. The molecule has 0 spiro atoms. The lowest BCUT2D eigenvalue weighted by Gasteiger charge is -2.35. The highest BCUT2D eigenvalue weighted by atomic mass is 32.2. The van der Waals surface area contributed by atoms with Gasteiger partial charge in [0.1, 0.15) is 0 Å². The number of hydrogen-bond donors (Lipinski definition) is 1. The lowest BCUT2D eigenvalue weighted by atomic mass is 10.1. The number of aromatic nitrogens is 2. The fourth-order valence-electron chi connectivity index (χ4n) is 2.96. The smallest absolute Gasteiger partial charge is 0.243 e. The van der Waals surface area contributed by atoms with Crippen LogP contribution in [0.3, 0.4) is 0 Å². The van der Waals surface area contributed by atoms with Gasteiger partial charge in [-0.05, 0) is 29.8 Å². The lowest BCUT2D eigenvalue weighted by Crippen LogP contribution is -2.48. The summed E-state index contributed by atoms with van der Waals surface area (Å²) in [6.45, 7) is 1.65. The molecule has 0 bridgehead atoms. The summed E-state index contributed by atoms with van der Waals surface area (Å²) >= 11 is 1.45. The molecule has 0 radical (unpaired) electrons. The predicted molar refractivity (Wildman–Crippen MR) is 93.4 cm³/mol. The molecule has 0 amide bonds. The molecule has 1 unspecified atom stereocenters. The van der Waals surface area contributed by atoms with Gasteiger partial charge in [-0.25, -0.2) is 13.4 Å². The molecule has 6 nitrogen and oxygen atoms in total. The van der Waals surface area contributed by atoms with Crippen molar-refractivity contribution in [1.29, 1.82) is 0 Å². The number of nitrogens with one attached hydrogen (secondary N) is 1. The number of thiazole rings is 1. The lowest BCUT2D eigenvalue weighted by molar-refractivity contribution is 0.271. The van der Waals surface area contributed by atoms with Crippen LogP contribution in [0, 0.1) is 0 Å². The molecular formula is C16H16N4O2S2. The Labute approximate surface area is 144 Å². The van der Waals surface area contributed by atoms with Gasteiger partial charge >= 0.3 is 0 Å². The van der Waals surface area contributed by atoms with Gasteiger partial charge in [0, 0.05) is 32.0 Å². The summed E-state index contributed by atoms with van der Waals surface area (Å²) in [4.78, 5) is 8.65. The molecule has 1 saturated heterocycles. The molecule has 1 N–H and O–H groups in total. The van der Waals surface area contributed by atoms with E-state index in [0.29, 0.717) is 24.5 Å². The highest BCUT2D eigenvalue weighted by Gasteiger charge is 2.34. The SMILES string of the molecule is O=S(=O)(c1ccc2ncsc2c1)N1CCNCC1c1cccnc1. The van der Waals surface area contributed by atoms with Crippen LogP contribution in [-0.2, 0) is 10.0 Å². The zero-order chi connectivity index (χ0) is 16.6. The van der Waals surface area contributed by atoms with Crippen molar-refractivity contribution in [2.75, 3.05) is 19.6 Å². The Morgan fingerprint density at radius 1 is 1.29 bits per heavy atom. The maximum Gasteiger partial charge on any atom is 0.243 e. The van der Waals surface area contributed by atoms with Crippen molar-refractivity contribution in [2.45, 2.75) is 10.9 Å². The number of benzene rings is 1. The molecule has 8 heteroatoms. The van der Waals surface area contributed by atoms with Crippen molar-refractivity contribution in [2.24, 2.45) is 0 Å². The highest BCUT2D eigenvalue weighted by Crippen LogP contribution is 2.30. The van der Waals surface area contributed by atoms with Gasteiger partial charge in [-0.15, -0.1) is 11.3 Å². The quantitative estimate of drug-likeness (QED) is 0.773. The molecule has 4 rings (SSSR count). The van der Waals surface area contributed by atoms with Crippen LogP contribution < -0.4 is 5.32 Å². The van der Waals surface area contributed by atoms with Crippen LogP contribution in [0.5, 0.6) is 0 Å².